The fourth-order valence-electron chi connectivity index (χ4n) is 0.952. The minimum Gasteiger partial charge on any atom is -0.300 e. The van der Waals surface area contributed by atoms with Crippen molar-refractivity contribution in [2.45, 2.75) is 13.3 Å². The fraction of sp³-hybridized carbons (Fsp3) is 0.200. The Hall–Kier alpha value is -0.921. The van der Waals surface area contributed by atoms with Gasteiger partial charge >= 0.3 is 0 Å². The molecule has 1 aromatic rings. The van der Waals surface area contributed by atoms with Crippen LogP contribution in [0.2, 0.25) is 0 Å². The molecule has 0 bridgehead atoms. The molecule has 13 heavy (non-hydrogen) atoms. The molecule has 0 N–H and O–H groups in total. The fourth-order valence-corrected chi connectivity index (χ4v) is 0.952. The minimum atomic E-state index is -0.108. The molecule has 1 radical (unpaired) electrons. The Morgan fingerprint density at radius 2 is 1.69 bits per heavy atom. The van der Waals surface area contributed by atoms with E-state index in [-0.39, 0.29) is 35.1 Å². The molecule has 1 rings (SSSR count). The Morgan fingerprint density at radius 3 is 2.15 bits per heavy atom. The van der Waals surface area contributed by atoms with Crippen LogP contribution in [-0.4, -0.2) is 11.6 Å². The van der Waals surface area contributed by atoms with E-state index in [1.54, 1.807) is 24.3 Å². The third-order valence-corrected chi connectivity index (χ3v) is 1.51. The van der Waals surface area contributed by atoms with Crippen LogP contribution in [0.3, 0.4) is 0 Å². The first kappa shape index (κ1) is 12.1. The second-order valence-corrected chi connectivity index (χ2v) is 2.67. The van der Waals surface area contributed by atoms with E-state index in [4.69, 9.17) is 0 Å². The van der Waals surface area contributed by atoms with Gasteiger partial charge in [-0.05, 0) is 6.92 Å². The zero-order valence-corrected chi connectivity index (χ0v) is 8.47. The van der Waals surface area contributed by atoms with Crippen LogP contribution < -0.4 is 0 Å². The summed E-state index contributed by atoms with van der Waals surface area (Å²) in [6.45, 7) is 1.42. The predicted molar refractivity (Wildman–Crippen MR) is 46.1 cm³/mol. The summed E-state index contributed by atoms with van der Waals surface area (Å²) < 4.78 is 0. The molecule has 69 valence electrons. The first-order valence-electron chi connectivity index (χ1n) is 3.78. The van der Waals surface area contributed by atoms with Crippen molar-refractivity contribution in [3.05, 3.63) is 35.9 Å². The van der Waals surface area contributed by atoms with E-state index in [2.05, 4.69) is 0 Å². The van der Waals surface area contributed by atoms with Crippen molar-refractivity contribution in [3.63, 3.8) is 0 Å². The second kappa shape index (κ2) is 5.68. The monoisotopic (exact) mass is 217 g/mol. The smallest absolute Gasteiger partial charge is 0.170 e. The summed E-state index contributed by atoms with van der Waals surface area (Å²) in [5, 5.41) is 0. The summed E-state index contributed by atoms with van der Waals surface area (Å²) in [4.78, 5) is 21.8. The third kappa shape index (κ3) is 4.02. The van der Waals surface area contributed by atoms with Crippen molar-refractivity contribution < 1.29 is 26.7 Å². The average molecular weight is 217 g/mol. The summed E-state index contributed by atoms with van der Waals surface area (Å²) in [5.74, 6) is -0.202. The van der Waals surface area contributed by atoms with Crippen molar-refractivity contribution in [2.75, 3.05) is 0 Å². The molecule has 1 aromatic carbocycles. The molecule has 3 heteroatoms. The van der Waals surface area contributed by atoms with E-state index in [1.165, 1.54) is 6.92 Å². The molecule has 0 saturated heterocycles. The number of hydrogen-bond donors (Lipinski definition) is 0. The van der Waals surface area contributed by atoms with Gasteiger partial charge in [0, 0.05) is 22.6 Å². The molecule has 0 fully saturated rings. The first-order valence-corrected chi connectivity index (χ1v) is 3.78. The van der Waals surface area contributed by atoms with Gasteiger partial charge in [0.2, 0.25) is 0 Å². The summed E-state index contributed by atoms with van der Waals surface area (Å²) in [6.07, 6.45) is 0.00398. The van der Waals surface area contributed by atoms with Crippen LogP contribution in [0.25, 0.3) is 0 Å². The van der Waals surface area contributed by atoms with Gasteiger partial charge in [-0.1, -0.05) is 30.3 Å². The van der Waals surface area contributed by atoms with Crippen LogP contribution in [0.15, 0.2) is 30.3 Å². The molecule has 0 unspecified atom stereocenters. The Kier molecular flexibility index (Phi) is 5.28. The molecule has 0 aliphatic heterocycles. The van der Waals surface area contributed by atoms with Gasteiger partial charge < -0.3 is 0 Å². The maximum atomic E-state index is 11.2. The average Bonchev–Trinajstić information content (AvgIpc) is 2.05. The summed E-state index contributed by atoms with van der Waals surface area (Å²) in [6, 6.07) is 8.84. The molecule has 2 nitrogen and oxygen atoms in total. The van der Waals surface area contributed by atoms with Gasteiger partial charge in [0.1, 0.15) is 5.78 Å². The molecule has 0 aliphatic carbocycles. The molecule has 0 spiro atoms. The van der Waals surface area contributed by atoms with Gasteiger partial charge in [0.05, 0.1) is 6.42 Å². The zero-order chi connectivity index (χ0) is 8.97. The number of ketones is 2. The number of carbonyl (C=O) groups is 2. The SMILES string of the molecule is CC(=O)CC(=O)c1ccccc1.[Mn]. The van der Waals surface area contributed by atoms with Crippen LogP contribution >= 0.6 is 0 Å². The van der Waals surface area contributed by atoms with Crippen LogP contribution in [0.4, 0.5) is 0 Å². The van der Waals surface area contributed by atoms with E-state index in [9.17, 15) is 9.59 Å². The molecular weight excluding hydrogens is 207 g/mol. The van der Waals surface area contributed by atoms with Gasteiger partial charge in [-0.25, -0.2) is 0 Å². The van der Waals surface area contributed by atoms with Crippen LogP contribution in [-0.2, 0) is 21.9 Å². The molecule has 0 heterocycles. The summed E-state index contributed by atoms with van der Waals surface area (Å²) in [5.41, 5.74) is 0.604. The molecule has 0 aliphatic rings. The largest absolute Gasteiger partial charge is 0.300 e. The van der Waals surface area contributed by atoms with Gasteiger partial charge in [0.15, 0.2) is 5.78 Å². The van der Waals surface area contributed by atoms with E-state index in [1.807, 2.05) is 6.07 Å². The Morgan fingerprint density at radius 1 is 1.15 bits per heavy atom. The predicted octanol–water partition coefficient (Wildman–Crippen LogP) is 1.85. The van der Waals surface area contributed by atoms with Gasteiger partial charge in [-0.3, -0.25) is 9.59 Å². The summed E-state index contributed by atoms with van der Waals surface area (Å²) >= 11 is 0. The van der Waals surface area contributed by atoms with Crippen molar-refractivity contribution in [1.82, 2.24) is 0 Å². The Bertz CT molecular complexity index is 293. The molecule has 0 aromatic heterocycles. The normalized spacial score (nSPS) is 8.69. The maximum Gasteiger partial charge on any atom is 0.170 e. The van der Waals surface area contributed by atoms with Crippen LogP contribution in [0.1, 0.15) is 23.7 Å². The Balaban J connectivity index is 0.00000144. The first-order chi connectivity index (χ1) is 5.70. The number of carbonyl (C=O) groups excluding carboxylic acids is 2. The second-order valence-electron chi connectivity index (χ2n) is 2.67. The molecule has 0 atom stereocenters. The maximum absolute atomic E-state index is 11.2. The van der Waals surface area contributed by atoms with Crippen LogP contribution in [0, 0.1) is 0 Å². The third-order valence-electron chi connectivity index (χ3n) is 1.51. The zero-order valence-electron chi connectivity index (χ0n) is 7.29. The van der Waals surface area contributed by atoms with Gasteiger partial charge in [0.25, 0.3) is 0 Å². The van der Waals surface area contributed by atoms with E-state index in [0.29, 0.717) is 5.56 Å². The van der Waals surface area contributed by atoms with Crippen molar-refractivity contribution in [2.24, 2.45) is 0 Å². The topological polar surface area (TPSA) is 34.1 Å². The minimum absolute atomic E-state index is 0. The number of benzene rings is 1. The number of rotatable bonds is 3. The molecular formula is C10H10MnO2. The van der Waals surface area contributed by atoms with Crippen molar-refractivity contribution in [1.29, 1.82) is 0 Å². The van der Waals surface area contributed by atoms with E-state index in [0.717, 1.165) is 0 Å². The van der Waals surface area contributed by atoms with Crippen molar-refractivity contribution in [3.8, 4) is 0 Å². The summed E-state index contributed by atoms with van der Waals surface area (Å²) in [7, 11) is 0. The van der Waals surface area contributed by atoms with Gasteiger partial charge in [-0.2, -0.15) is 0 Å². The van der Waals surface area contributed by atoms with E-state index < -0.39 is 0 Å². The van der Waals surface area contributed by atoms with E-state index >= 15 is 0 Å². The van der Waals surface area contributed by atoms with Gasteiger partial charge in [-0.15, -0.1) is 0 Å². The van der Waals surface area contributed by atoms with Crippen LogP contribution in [0.5, 0.6) is 0 Å². The number of hydrogen-bond acceptors (Lipinski definition) is 2. The number of Topliss-reactive ketones (excluding diaryl/α,β-unsaturated/α-hetero) is 2. The standard InChI is InChI=1S/C10H10O2.Mn/c1-8(11)7-10(12)9-5-3-2-4-6-9;/h2-6H,7H2,1H3;. The van der Waals surface area contributed by atoms with Crippen molar-refractivity contribution >= 4 is 11.6 Å². The molecule has 0 amide bonds. The Labute approximate surface area is 87.8 Å². The quantitative estimate of drug-likeness (QED) is 0.440. The molecule has 0 saturated carbocycles.